The van der Waals surface area contributed by atoms with Gasteiger partial charge >= 0.3 is 11.9 Å². The summed E-state index contributed by atoms with van der Waals surface area (Å²) in [7, 11) is 0. The fourth-order valence-electron chi connectivity index (χ4n) is 3.13. The van der Waals surface area contributed by atoms with Crippen LogP contribution in [0.15, 0.2) is 47.6 Å². The van der Waals surface area contributed by atoms with Gasteiger partial charge < -0.3 is 10.2 Å². The molecule has 1 saturated heterocycles. The quantitative estimate of drug-likeness (QED) is 0.634. The van der Waals surface area contributed by atoms with Gasteiger partial charge in [-0.2, -0.15) is 5.10 Å². The molecule has 0 saturated carbocycles. The van der Waals surface area contributed by atoms with Crippen molar-refractivity contribution in [1.29, 1.82) is 0 Å². The maximum Gasteiger partial charge on any atom is 0.414 e. The highest BCUT2D eigenvalue weighted by Crippen LogP contribution is 2.23. The summed E-state index contributed by atoms with van der Waals surface area (Å²) in [6.07, 6.45) is 5.84. The summed E-state index contributed by atoms with van der Waals surface area (Å²) < 4.78 is 0. The normalized spacial score (nSPS) is 19.8. The van der Waals surface area contributed by atoms with E-state index < -0.39 is 11.9 Å². The monoisotopic (exact) mass is 356 g/mol. The Hall–Kier alpha value is -2.89. The van der Waals surface area contributed by atoms with Gasteiger partial charge in [0.25, 0.3) is 0 Å². The molecule has 2 N–H and O–H groups in total. The number of hydrogen-bond acceptors (Lipinski definition) is 4. The molecule has 0 bridgehead atoms. The molecule has 0 amide bonds. The van der Waals surface area contributed by atoms with Crippen molar-refractivity contribution in [2.24, 2.45) is 5.10 Å². The summed E-state index contributed by atoms with van der Waals surface area (Å²) in [4.78, 5) is 18.2. The van der Waals surface area contributed by atoms with Crippen molar-refractivity contribution >= 4 is 28.9 Å². The van der Waals surface area contributed by atoms with E-state index in [0.29, 0.717) is 12.1 Å². The summed E-state index contributed by atoms with van der Waals surface area (Å²) in [6.45, 7) is 4.55. The number of fused-ring (bicyclic) bond motifs is 1. The van der Waals surface area contributed by atoms with Gasteiger partial charge in [-0.1, -0.05) is 42.5 Å². The zero-order chi connectivity index (χ0) is 19.1. The second kappa shape index (κ2) is 8.99. The lowest BCUT2D eigenvalue weighted by Crippen LogP contribution is -2.39. The third-order valence-electron chi connectivity index (χ3n) is 4.48. The molecular formula is C20H24N2O4. The average molecular weight is 356 g/mol. The predicted molar refractivity (Wildman–Crippen MR) is 101 cm³/mol. The molecule has 1 fully saturated rings. The van der Waals surface area contributed by atoms with Crippen LogP contribution in [0.3, 0.4) is 0 Å². The van der Waals surface area contributed by atoms with Gasteiger partial charge in [0.1, 0.15) is 0 Å². The molecule has 6 heteroatoms. The number of hydrogen-bond donors (Lipinski definition) is 2. The summed E-state index contributed by atoms with van der Waals surface area (Å²) in [6, 6.07) is 16.0. The molecular weight excluding hydrogens is 332 g/mol. The standard InChI is InChI=1S/C18H22N2.C2H2O4/c1-14-7-5-8-15(2)20(14)19-13-17-11-6-10-16-9-3-4-12-18(16)17;3-1(4)2(5)6/h3-4,6,9-15H,5,7-8H2,1-2H3;(H,3,4)(H,5,6)/b19-13+;. The fourth-order valence-corrected chi connectivity index (χ4v) is 3.13. The van der Waals surface area contributed by atoms with Crippen LogP contribution in [-0.4, -0.2) is 45.5 Å². The minimum absolute atomic E-state index is 0.546. The van der Waals surface area contributed by atoms with Crippen LogP contribution in [0.25, 0.3) is 10.8 Å². The Morgan fingerprint density at radius 1 is 1.00 bits per heavy atom. The van der Waals surface area contributed by atoms with Crippen molar-refractivity contribution in [3.05, 3.63) is 48.0 Å². The Bertz CT molecular complexity index is 776. The summed E-state index contributed by atoms with van der Waals surface area (Å²) in [5.41, 5.74) is 1.20. The van der Waals surface area contributed by atoms with Crippen molar-refractivity contribution < 1.29 is 19.8 Å². The number of piperidine rings is 1. The van der Waals surface area contributed by atoms with Gasteiger partial charge in [0.2, 0.25) is 0 Å². The van der Waals surface area contributed by atoms with Gasteiger partial charge in [-0.25, -0.2) is 9.59 Å². The molecule has 2 atom stereocenters. The zero-order valence-electron chi connectivity index (χ0n) is 15.0. The minimum Gasteiger partial charge on any atom is -0.473 e. The van der Waals surface area contributed by atoms with Gasteiger partial charge in [0, 0.05) is 17.6 Å². The Morgan fingerprint density at radius 3 is 2.19 bits per heavy atom. The lowest BCUT2D eigenvalue weighted by molar-refractivity contribution is -0.159. The fraction of sp³-hybridized carbons (Fsp3) is 0.350. The van der Waals surface area contributed by atoms with E-state index in [1.54, 1.807) is 0 Å². The third kappa shape index (κ3) is 5.05. The molecule has 0 aliphatic carbocycles. The third-order valence-corrected chi connectivity index (χ3v) is 4.48. The molecule has 1 aliphatic heterocycles. The van der Waals surface area contributed by atoms with E-state index in [1.807, 2.05) is 6.21 Å². The molecule has 2 aromatic carbocycles. The highest BCUT2D eigenvalue weighted by Gasteiger charge is 2.22. The average Bonchev–Trinajstić information content (AvgIpc) is 2.62. The van der Waals surface area contributed by atoms with Crippen molar-refractivity contribution in [2.75, 3.05) is 0 Å². The van der Waals surface area contributed by atoms with Crippen LogP contribution < -0.4 is 0 Å². The molecule has 1 heterocycles. The lowest BCUT2D eigenvalue weighted by Gasteiger charge is -2.36. The predicted octanol–water partition coefficient (Wildman–Crippen LogP) is 3.59. The SMILES string of the molecule is CC1CCCC(C)N1/N=C/c1cccc2ccccc12.O=C(O)C(=O)O. The number of carboxylic acids is 2. The van der Waals surface area contributed by atoms with Crippen LogP contribution >= 0.6 is 0 Å². The maximum atomic E-state index is 9.10. The zero-order valence-corrected chi connectivity index (χ0v) is 15.0. The first-order chi connectivity index (χ1) is 12.4. The van der Waals surface area contributed by atoms with E-state index >= 15 is 0 Å². The minimum atomic E-state index is -1.82. The van der Waals surface area contributed by atoms with Gasteiger partial charge in [-0.3, -0.25) is 5.01 Å². The molecule has 3 rings (SSSR count). The molecule has 0 radical (unpaired) electrons. The molecule has 0 spiro atoms. The number of carbonyl (C=O) groups is 2. The van der Waals surface area contributed by atoms with Crippen LogP contribution in [0.4, 0.5) is 0 Å². The molecule has 26 heavy (non-hydrogen) atoms. The molecule has 6 nitrogen and oxygen atoms in total. The molecule has 138 valence electrons. The Kier molecular flexibility index (Phi) is 6.72. The Morgan fingerprint density at radius 2 is 1.58 bits per heavy atom. The van der Waals surface area contributed by atoms with E-state index in [9.17, 15) is 0 Å². The molecule has 0 aromatic heterocycles. The summed E-state index contributed by atoms with van der Waals surface area (Å²) in [5.74, 6) is -3.65. The van der Waals surface area contributed by atoms with Crippen molar-refractivity contribution in [2.45, 2.75) is 45.2 Å². The molecule has 2 aromatic rings. The number of aliphatic carboxylic acids is 2. The first kappa shape index (κ1) is 19.4. The Balaban J connectivity index is 0.000000352. The Labute approximate surface area is 152 Å². The molecule has 2 unspecified atom stereocenters. The van der Waals surface area contributed by atoms with E-state index in [2.05, 4.69) is 61.3 Å². The van der Waals surface area contributed by atoms with E-state index in [0.717, 1.165) is 0 Å². The second-order valence-electron chi connectivity index (χ2n) is 6.43. The van der Waals surface area contributed by atoms with Gasteiger partial charge in [0.15, 0.2) is 0 Å². The number of hydrazone groups is 1. The summed E-state index contributed by atoms with van der Waals surface area (Å²) in [5, 5.41) is 24.4. The first-order valence-electron chi connectivity index (χ1n) is 8.66. The second-order valence-corrected chi connectivity index (χ2v) is 6.43. The largest absolute Gasteiger partial charge is 0.473 e. The van der Waals surface area contributed by atoms with Crippen LogP contribution in [0.1, 0.15) is 38.7 Å². The van der Waals surface area contributed by atoms with Gasteiger partial charge in [-0.05, 0) is 43.9 Å². The topological polar surface area (TPSA) is 90.2 Å². The summed E-state index contributed by atoms with van der Waals surface area (Å²) >= 11 is 0. The number of nitrogens with zero attached hydrogens (tertiary/aromatic N) is 2. The maximum absolute atomic E-state index is 9.10. The lowest BCUT2D eigenvalue weighted by atomic mass is 10.00. The number of benzene rings is 2. The van der Waals surface area contributed by atoms with Crippen molar-refractivity contribution in [3.63, 3.8) is 0 Å². The highest BCUT2D eigenvalue weighted by molar-refractivity contribution is 6.27. The van der Waals surface area contributed by atoms with Crippen LogP contribution in [0.2, 0.25) is 0 Å². The highest BCUT2D eigenvalue weighted by atomic mass is 16.4. The van der Waals surface area contributed by atoms with Gasteiger partial charge in [-0.15, -0.1) is 0 Å². The van der Waals surface area contributed by atoms with E-state index in [1.165, 1.54) is 35.6 Å². The van der Waals surface area contributed by atoms with E-state index in [-0.39, 0.29) is 0 Å². The van der Waals surface area contributed by atoms with Crippen LogP contribution in [0, 0.1) is 0 Å². The van der Waals surface area contributed by atoms with Crippen LogP contribution in [0.5, 0.6) is 0 Å². The van der Waals surface area contributed by atoms with Crippen LogP contribution in [-0.2, 0) is 9.59 Å². The number of rotatable bonds is 2. The van der Waals surface area contributed by atoms with E-state index in [4.69, 9.17) is 24.9 Å². The number of carboxylic acid groups (broad SMARTS) is 2. The smallest absolute Gasteiger partial charge is 0.414 e. The van der Waals surface area contributed by atoms with Crippen molar-refractivity contribution in [1.82, 2.24) is 5.01 Å². The van der Waals surface area contributed by atoms with Gasteiger partial charge in [0.05, 0.1) is 6.21 Å². The molecule has 1 aliphatic rings. The van der Waals surface area contributed by atoms with Crippen molar-refractivity contribution in [3.8, 4) is 0 Å². The first-order valence-corrected chi connectivity index (χ1v) is 8.66.